The Balaban J connectivity index is 2.11. The van der Waals surface area contributed by atoms with Crippen LogP contribution in [0.4, 0.5) is 11.6 Å². The molecule has 0 aliphatic carbocycles. The van der Waals surface area contributed by atoms with E-state index in [1.165, 1.54) is 6.33 Å². The van der Waals surface area contributed by atoms with Crippen molar-refractivity contribution in [3.8, 4) is 0 Å². The van der Waals surface area contributed by atoms with Crippen LogP contribution in [0.15, 0.2) is 36.7 Å². The molecule has 2 aromatic rings. The van der Waals surface area contributed by atoms with E-state index in [0.717, 1.165) is 22.9 Å². The second kappa shape index (κ2) is 5.66. The molecule has 0 atom stereocenters. The zero-order chi connectivity index (χ0) is 13.0. The highest BCUT2D eigenvalue weighted by Gasteiger charge is 2.05. The molecular weight excluding hydrogens is 250 g/mol. The standard InChI is InChI=1S/C12H14ClN5/c1-18(7-9-2-4-10(13)5-3-9)12-6-11(17-14)15-8-16-12/h2-6,8H,7,14H2,1H3,(H,15,16,17). The molecule has 0 radical (unpaired) electrons. The van der Waals surface area contributed by atoms with E-state index in [2.05, 4.69) is 15.4 Å². The molecule has 0 aliphatic rings. The quantitative estimate of drug-likeness (QED) is 0.653. The van der Waals surface area contributed by atoms with Gasteiger partial charge in [-0.1, -0.05) is 23.7 Å². The minimum absolute atomic E-state index is 0.586. The van der Waals surface area contributed by atoms with Crippen LogP contribution in [0.2, 0.25) is 5.02 Å². The summed E-state index contributed by atoms with van der Waals surface area (Å²) in [7, 11) is 1.96. The van der Waals surface area contributed by atoms with E-state index in [1.54, 1.807) is 6.07 Å². The third kappa shape index (κ3) is 3.09. The van der Waals surface area contributed by atoms with Gasteiger partial charge in [-0.15, -0.1) is 0 Å². The molecule has 0 spiro atoms. The molecule has 0 saturated carbocycles. The van der Waals surface area contributed by atoms with Gasteiger partial charge in [0, 0.05) is 24.7 Å². The molecule has 1 aromatic carbocycles. The van der Waals surface area contributed by atoms with Crippen LogP contribution in [-0.4, -0.2) is 17.0 Å². The first-order valence-electron chi connectivity index (χ1n) is 5.43. The van der Waals surface area contributed by atoms with Crippen molar-refractivity contribution in [2.24, 2.45) is 5.84 Å². The second-order valence-corrected chi connectivity index (χ2v) is 4.32. The van der Waals surface area contributed by atoms with Crippen molar-refractivity contribution in [1.82, 2.24) is 9.97 Å². The molecule has 3 N–H and O–H groups in total. The van der Waals surface area contributed by atoms with E-state index in [1.807, 2.05) is 36.2 Å². The molecule has 18 heavy (non-hydrogen) atoms. The van der Waals surface area contributed by atoms with Gasteiger partial charge in [-0.05, 0) is 17.7 Å². The van der Waals surface area contributed by atoms with E-state index in [9.17, 15) is 0 Å². The van der Waals surface area contributed by atoms with Gasteiger partial charge in [-0.25, -0.2) is 15.8 Å². The maximum atomic E-state index is 5.85. The first kappa shape index (κ1) is 12.6. The van der Waals surface area contributed by atoms with Gasteiger partial charge in [0.15, 0.2) is 0 Å². The fourth-order valence-corrected chi connectivity index (χ4v) is 1.71. The molecule has 6 heteroatoms. The zero-order valence-electron chi connectivity index (χ0n) is 9.97. The maximum absolute atomic E-state index is 5.85. The van der Waals surface area contributed by atoms with Gasteiger partial charge in [0.25, 0.3) is 0 Å². The highest BCUT2D eigenvalue weighted by atomic mass is 35.5. The zero-order valence-corrected chi connectivity index (χ0v) is 10.7. The van der Waals surface area contributed by atoms with Gasteiger partial charge in [0.1, 0.15) is 18.0 Å². The molecule has 1 aromatic heterocycles. The van der Waals surface area contributed by atoms with E-state index in [0.29, 0.717) is 5.82 Å². The van der Waals surface area contributed by atoms with Gasteiger partial charge < -0.3 is 10.3 Å². The van der Waals surface area contributed by atoms with Crippen molar-refractivity contribution in [2.75, 3.05) is 17.4 Å². The van der Waals surface area contributed by atoms with Crippen LogP contribution >= 0.6 is 11.6 Å². The van der Waals surface area contributed by atoms with Crippen molar-refractivity contribution < 1.29 is 0 Å². The van der Waals surface area contributed by atoms with E-state index < -0.39 is 0 Å². The molecule has 94 valence electrons. The number of benzene rings is 1. The maximum Gasteiger partial charge on any atom is 0.145 e. The fourth-order valence-electron chi connectivity index (χ4n) is 1.58. The summed E-state index contributed by atoms with van der Waals surface area (Å²) in [6.07, 6.45) is 1.48. The van der Waals surface area contributed by atoms with Crippen LogP contribution in [-0.2, 0) is 6.54 Å². The Hall–Kier alpha value is -1.85. The summed E-state index contributed by atoms with van der Waals surface area (Å²) >= 11 is 5.85. The molecule has 2 rings (SSSR count). The van der Waals surface area contributed by atoms with Crippen LogP contribution in [0.1, 0.15) is 5.56 Å². The number of nitrogens with one attached hydrogen (secondary N) is 1. The van der Waals surface area contributed by atoms with Crippen LogP contribution in [0, 0.1) is 0 Å². The normalized spacial score (nSPS) is 10.2. The van der Waals surface area contributed by atoms with Gasteiger partial charge >= 0.3 is 0 Å². The average Bonchev–Trinajstić information content (AvgIpc) is 2.41. The van der Waals surface area contributed by atoms with Gasteiger partial charge in [-0.3, -0.25) is 0 Å². The lowest BCUT2D eigenvalue weighted by Crippen LogP contribution is -2.18. The number of aromatic nitrogens is 2. The molecule has 0 bridgehead atoms. The predicted octanol–water partition coefficient (Wildman–Crippen LogP) is 2.05. The first-order chi connectivity index (χ1) is 8.69. The van der Waals surface area contributed by atoms with Gasteiger partial charge in [0.05, 0.1) is 0 Å². The highest BCUT2D eigenvalue weighted by molar-refractivity contribution is 6.30. The molecule has 0 aliphatic heterocycles. The lowest BCUT2D eigenvalue weighted by atomic mass is 10.2. The lowest BCUT2D eigenvalue weighted by molar-refractivity contribution is 0.891. The second-order valence-electron chi connectivity index (χ2n) is 3.89. The smallest absolute Gasteiger partial charge is 0.145 e. The van der Waals surface area contributed by atoms with Crippen molar-refractivity contribution in [3.63, 3.8) is 0 Å². The average molecular weight is 264 g/mol. The number of hydrazine groups is 1. The van der Waals surface area contributed by atoms with Crippen molar-refractivity contribution in [2.45, 2.75) is 6.54 Å². The molecule has 0 amide bonds. The van der Waals surface area contributed by atoms with Crippen LogP contribution < -0.4 is 16.2 Å². The Labute approximate surface area is 111 Å². The summed E-state index contributed by atoms with van der Waals surface area (Å²) in [5.41, 5.74) is 3.65. The van der Waals surface area contributed by atoms with E-state index in [4.69, 9.17) is 17.4 Å². The minimum atomic E-state index is 0.586. The summed E-state index contributed by atoms with van der Waals surface area (Å²) < 4.78 is 0. The molecule has 0 unspecified atom stereocenters. The molecule has 0 saturated heterocycles. The Morgan fingerprint density at radius 2 is 2.00 bits per heavy atom. The number of anilines is 2. The molecule has 0 fully saturated rings. The van der Waals surface area contributed by atoms with Gasteiger partial charge in [0.2, 0.25) is 0 Å². The number of halogens is 1. The minimum Gasteiger partial charge on any atom is -0.355 e. The highest BCUT2D eigenvalue weighted by Crippen LogP contribution is 2.16. The number of rotatable bonds is 4. The van der Waals surface area contributed by atoms with Crippen molar-refractivity contribution >= 4 is 23.2 Å². The monoisotopic (exact) mass is 263 g/mol. The first-order valence-corrected chi connectivity index (χ1v) is 5.81. The summed E-state index contributed by atoms with van der Waals surface area (Å²) in [6.45, 7) is 0.734. The number of nitrogen functional groups attached to an aromatic ring is 1. The van der Waals surface area contributed by atoms with Crippen molar-refractivity contribution in [3.05, 3.63) is 47.2 Å². The van der Waals surface area contributed by atoms with E-state index in [-0.39, 0.29) is 0 Å². The SMILES string of the molecule is CN(Cc1ccc(Cl)cc1)c1cc(NN)ncn1. The summed E-state index contributed by atoms with van der Waals surface area (Å²) in [6, 6.07) is 9.51. The number of nitrogens with two attached hydrogens (primary N) is 1. The number of hydrogen-bond donors (Lipinski definition) is 2. The largest absolute Gasteiger partial charge is 0.355 e. The van der Waals surface area contributed by atoms with E-state index >= 15 is 0 Å². The fraction of sp³-hybridized carbons (Fsp3) is 0.167. The number of hydrogen-bond acceptors (Lipinski definition) is 5. The van der Waals surface area contributed by atoms with Crippen LogP contribution in [0.3, 0.4) is 0 Å². The van der Waals surface area contributed by atoms with Crippen molar-refractivity contribution in [1.29, 1.82) is 0 Å². The Morgan fingerprint density at radius 1 is 1.28 bits per heavy atom. The third-order valence-corrected chi connectivity index (χ3v) is 2.78. The lowest BCUT2D eigenvalue weighted by Gasteiger charge is -2.18. The Morgan fingerprint density at radius 3 is 2.67 bits per heavy atom. The third-order valence-electron chi connectivity index (χ3n) is 2.52. The topological polar surface area (TPSA) is 67.1 Å². The Bertz CT molecular complexity index is 514. The summed E-state index contributed by atoms with van der Waals surface area (Å²) in [5.74, 6) is 6.70. The van der Waals surface area contributed by atoms with Gasteiger partial charge in [-0.2, -0.15) is 0 Å². The Kier molecular flexibility index (Phi) is 3.96. The predicted molar refractivity (Wildman–Crippen MR) is 73.4 cm³/mol. The molecular formula is C12H14ClN5. The molecule has 1 heterocycles. The van der Waals surface area contributed by atoms with Crippen LogP contribution in [0.25, 0.3) is 0 Å². The molecule has 5 nitrogen and oxygen atoms in total. The van der Waals surface area contributed by atoms with Crippen LogP contribution in [0.5, 0.6) is 0 Å². The summed E-state index contributed by atoms with van der Waals surface area (Å²) in [5, 5.41) is 0.734. The summed E-state index contributed by atoms with van der Waals surface area (Å²) in [4.78, 5) is 10.2. The number of nitrogens with zero attached hydrogens (tertiary/aromatic N) is 3.